The van der Waals surface area contributed by atoms with E-state index in [1.165, 1.54) is 29.3 Å². The second-order valence-corrected chi connectivity index (χ2v) is 7.50. The van der Waals surface area contributed by atoms with E-state index in [2.05, 4.69) is 22.1 Å². The van der Waals surface area contributed by atoms with Gasteiger partial charge in [0.25, 0.3) is 0 Å². The lowest BCUT2D eigenvalue weighted by molar-refractivity contribution is -0.116. The topological polar surface area (TPSA) is 65.4 Å². The molecule has 0 unspecified atom stereocenters. The van der Waals surface area contributed by atoms with Crippen molar-refractivity contribution in [2.45, 2.75) is 32.1 Å². The number of aromatic amines is 1. The first kappa shape index (κ1) is 19.1. The summed E-state index contributed by atoms with van der Waals surface area (Å²) in [5.74, 6) is -0.513. The molecule has 2 N–H and O–H groups in total. The van der Waals surface area contributed by atoms with Gasteiger partial charge in [-0.3, -0.25) is 9.79 Å². The Kier molecular flexibility index (Phi) is 5.30. The van der Waals surface area contributed by atoms with Gasteiger partial charge in [-0.25, -0.2) is 4.39 Å². The molecule has 5 heteroatoms. The molecule has 29 heavy (non-hydrogen) atoms. The van der Waals surface area contributed by atoms with E-state index >= 15 is 0 Å². The fourth-order valence-corrected chi connectivity index (χ4v) is 4.02. The number of hydrogen-bond donors (Lipinski definition) is 2. The molecule has 0 aliphatic heterocycles. The number of aryl methyl sites for hydroxylation is 1. The van der Waals surface area contributed by atoms with Crippen LogP contribution in [0.4, 0.5) is 4.39 Å². The van der Waals surface area contributed by atoms with Crippen LogP contribution in [0.15, 0.2) is 64.9 Å². The summed E-state index contributed by atoms with van der Waals surface area (Å²) < 4.78 is 13.1. The van der Waals surface area contributed by atoms with Crippen LogP contribution in [0.2, 0.25) is 0 Å². The minimum atomic E-state index is -0.311. The molecule has 0 saturated heterocycles. The van der Waals surface area contributed by atoms with E-state index in [0.717, 1.165) is 23.2 Å². The molecular weight excluding hydrogens is 367 g/mol. The summed E-state index contributed by atoms with van der Waals surface area (Å²) in [6.45, 7) is 2.59. The lowest BCUT2D eigenvalue weighted by Gasteiger charge is -2.22. The number of halogens is 1. The molecule has 1 aliphatic rings. The molecule has 2 aromatic carbocycles. The molecule has 0 fully saturated rings. The third kappa shape index (κ3) is 3.99. The van der Waals surface area contributed by atoms with Crippen LogP contribution >= 0.6 is 0 Å². The van der Waals surface area contributed by atoms with Gasteiger partial charge in [0.2, 0.25) is 0 Å². The number of aliphatic imine (C=N–C) groups is 1. The van der Waals surface area contributed by atoms with Crippen LogP contribution in [0.5, 0.6) is 0 Å². The van der Waals surface area contributed by atoms with Gasteiger partial charge in [0.15, 0.2) is 5.78 Å². The van der Waals surface area contributed by atoms with Crippen molar-refractivity contribution in [2.75, 3.05) is 6.54 Å². The number of aliphatic hydroxyl groups excluding tert-OH is 1. The minimum Gasteiger partial charge on any atom is -0.511 e. The van der Waals surface area contributed by atoms with Crippen molar-refractivity contribution in [2.24, 2.45) is 4.99 Å². The van der Waals surface area contributed by atoms with Gasteiger partial charge in [0.05, 0.1) is 5.57 Å². The molecule has 0 radical (unpaired) electrons. The first-order valence-electron chi connectivity index (χ1n) is 9.79. The number of aliphatic hydroxyl groups is 1. The van der Waals surface area contributed by atoms with Gasteiger partial charge < -0.3 is 10.1 Å². The molecule has 0 amide bonds. The van der Waals surface area contributed by atoms with E-state index in [9.17, 15) is 14.3 Å². The van der Waals surface area contributed by atoms with Crippen LogP contribution in [0.1, 0.15) is 35.6 Å². The Hall–Kier alpha value is -3.21. The number of carbonyl (C=O) groups is 1. The number of para-hydroxylation sites is 1. The summed E-state index contributed by atoms with van der Waals surface area (Å²) >= 11 is 0. The summed E-state index contributed by atoms with van der Waals surface area (Å²) in [5, 5.41) is 11.6. The van der Waals surface area contributed by atoms with Gasteiger partial charge in [0, 0.05) is 42.2 Å². The third-order valence-electron chi connectivity index (χ3n) is 5.56. The summed E-state index contributed by atoms with van der Waals surface area (Å²) in [6.07, 6.45) is 2.91. The monoisotopic (exact) mass is 390 g/mol. The van der Waals surface area contributed by atoms with Gasteiger partial charge in [-0.2, -0.15) is 0 Å². The van der Waals surface area contributed by atoms with E-state index in [4.69, 9.17) is 0 Å². The number of Topliss-reactive ketones (excluding diaryl/α,β-unsaturated/α-hetero) is 1. The highest BCUT2D eigenvalue weighted by Crippen LogP contribution is 2.33. The molecule has 0 saturated carbocycles. The van der Waals surface area contributed by atoms with E-state index < -0.39 is 0 Å². The van der Waals surface area contributed by atoms with Gasteiger partial charge in [-0.05, 0) is 48.6 Å². The molecular formula is C24H23FN2O2. The van der Waals surface area contributed by atoms with E-state index in [1.807, 2.05) is 19.1 Å². The molecule has 1 aromatic heterocycles. The maximum absolute atomic E-state index is 13.1. The average Bonchev–Trinajstić information content (AvgIpc) is 3.02. The molecule has 1 aliphatic carbocycles. The zero-order valence-electron chi connectivity index (χ0n) is 16.3. The van der Waals surface area contributed by atoms with Crippen molar-refractivity contribution >= 4 is 22.9 Å². The van der Waals surface area contributed by atoms with Crippen LogP contribution in [-0.4, -0.2) is 28.6 Å². The van der Waals surface area contributed by atoms with Crippen molar-refractivity contribution in [1.29, 1.82) is 0 Å². The number of benzene rings is 2. The Labute approximate surface area is 168 Å². The fourth-order valence-electron chi connectivity index (χ4n) is 4.02. The number of H-pyrrole nitrogens is 1. The lowest BCUT2D eigenvalue weighted by atomic mass is 9.83. The first-order valence-corrected chi connectivity index (χ1v) is 9.79. The predicted octanol–water partition coefficient (Wildman–Crippen LogP) is 5.19. The minimum absolute atomic E-state index is 0.0580. The molecule has 1 atom stereocenters. The Balaban J connectivity index is 1.44. The molecule has 4 nitrogen and oxygen atoms in total. The van der Waals surface area contributed by atoms with Gasteiger partial charge in [-0.15, -0.1) is 0 Å². The highest BCUT2D eigenvalue weighted by molar-refractivity contribution is 6.14. The third-order valence-corrected chi connectivity index (χ3v) is 5.56. The Bertz CT molecular complexity index is 1110. The maximum atomic E-state index is 13.1. The first-order chi connectivity index (χ1) is 14.0. The standard InChI is InChI=1S/C24H23FN2O2/c1-15-19(20-4-2-3-5-22(20)27-15)10-11-26-14-21-23(28)12-17(13-24(21)29)16-6-8-18(25)9-7-16/h2-9,14,17,27-28H,10-13H2,1H3/t17-/m1/s1. The smallest absolute Gasteiger partial charge is 0.168 e. The van der Waals surface area contributed by atoms with Crippen LogP contribution in [0.25, 0.3) is 10.9 Å². The van der Waals surface area contributed by atoms with E-state index in [0.29, 0.717) is 25.0 Å². The maximum Gasteiger partial charge on any atom is 0.168 e. The number of nitrogens with one attached hydrogen (secondary N) is 1. The van der Waals surface area contributed by atoms with Gasteiger partial charge >= 0.3 is 0 Å². The Morgan fingerprint density at radius 2 is 1.93 bits per heavy atom. The van der Waals surface area contributed by atoms with Gasteiger partial charge in [0.1, 0.15) is 11.6 Å². The van der Waals surface area contributed by atoms with Crippen LogP contribution in [0.3, 0.4) is 0 Å². The molecule has 3 aromatic rings. The number of rotatable bonds is 5. The van der Waals surface area contributed by atoms with Gasteiger partial charge in [-0.1, -0.05) is 30.3 Å². The highest BCUT2D eigenvalue weighted by atomic mass is 19.1. The van der Waals surface area contributed by atoms with Crippen molar-refractivity contribution in [3.63, 3.8) is 0 Å². The molecule has 0 bridgehead atoms. The largest absolute Gasteiger partial charge is 0.511 e. The molecule has 0 spiro atoms. The second-order valence-electron chi connectivity index (χ2n) is 7.50. The molecule has 4 rings (SSSR count). The molecule has 148 valence electrons. The van der Waals surface area contributed by atoms with Crippen LogP contribution in [-0.2, 0) is 11.2 Å². The average molecular weight is 390 g/mol. The Morgan fingerprint density at radius 1 is 1.17 bits per heavy atom. The summed E-state index contributed by atoms with van der Waals surface area (Å²) in [6, 6.07) is 14.3. The number of carbonyl (C=O) groups excluding carboxylic acids is 1. The lowest BCUT2D eigenvalue weighted by Crippen LogP contribution is -2.19. The zero-order valence-corrected chi connectivity index (χ0v) is 16.3. The van der Waals surface area contributed by atoms with E-state index in [1.54, 1.807) is 12.1 Å². The Morgan fingerprint density at radius 3 is 2.69 bits per heavy atom. The van der Waals surface area contributed by atoms with Crippen molar-refractivity contribution in [3.8, 4) is 0 Å². The fraction of sp³-hybridized carbons (Fsp3) is 0.250. The zero-order chi connectivity index (χ0) is 20.4. The predicted molar refractivity (Wildman–Crippen MR) is 113 cm³/mol. The van der Waals surface area contributed by atoms with Crippen molar-refractivity contribution < 1.29 is 14.3 Å². The van der Waals surface area contributed by atoms with Crippen molar-refractivity contribution in [3.05, 3.63) is 82.5 Å². The number of allylic oxidation sites excluding steroid dienone is 2. The number of nitrogens with zero attached hydrogens (tertiary/aromatic N) is 1. The number of fused-ring (bicyclic) bond motifs is 1. The highest BCUT2D eigenvalue weighted by Gasteiger charge is 2.27. The van der Waals surface area contributed by atoms with Crippen LogP contribution in [0, 0.1) is 12.7 Å². The number of ketones is 1. The number of aromatic nitrogens is 1. The summed E-state index contributed by atoms with van der Waals surface area (Å²) in [4.78, 5) is 20.3. The van der Waals surface area contributed by atoms with Crippen molar-refractivity contribution in [1.82, 2.24) is 4.98 Å². The quantitative estimate of drug-likeness (QED) is 0.589. The number of hydrogen-bond acceptors (Lipinski definition) is 3. The summed E-state index contributed by atoms with van der Waals surface area (Å²) in [5.41, 5.74) is 4.61. The molecule has 1 heterocycles. The summed E-state index contributed by atoms with van der Waals surface area (Å²) in [7, 11) is 0. The van der Waals surface area contributed by atoms with E-state index in [-0.39, 0.29) is 23.3 Å². The normalized spacial score (nSPS) is 17.6. The SMILES string of the molecule is Cc1[nH]c2ccccc2c1CCN=CC1=C(O)C[C@@H](c2ccc(F)cc2)CC1=O. The van der Waals surface area contributed by atoms with Crippen LogP contribution < -0.4 is 0 Å². The second kappa shape index (κ2) is 8.03.